The quantitative estimate of drug-likeness (QED) is 0.370. The Kier molecular flexibility index (Phi) is 8.58. The van der Waals surface area contributed by atoms with Crippen molar-refractivity contribution < 1.29 is 23.8 Å². The number of thiazole rings is 1. The molecular weight excluding hydrogens is 441 g/mol. The fourth-order valence-corrected chi connectivity index (χ4v) is 4.44. The number of hydrogen-bond acceptors (Lipinski definition) is 5. The highest BCUT2D eigenvalue weighted by molar-refractivity contribution is 7.15. The monoisotopic (exact) mass is 471 g/mol. The van der Waals surface area contributed by atoms with Crippen molar-refractivity contribution >= 4 is 17.3 Å². The summed E-state index contributed by atoms with van der Waals surface area (Å²) >= 11 is 1.64. The molecule has 1 N–H and O–H groups in total. The maximum absolute atomic E-state index is 14.5. The molecule has 1 atom stereocenters. The maximum Gasteiger partial charge on any atom is 0.333 e. The average Bonchev–Trinajstić information content (AvgIpc) is 3.15. The SMILES string of the molecule is CCOC(Cc1ccc(OCCc2nc(-c3ccc(C(C)C)cc3)sc2C)c(F)c1)C(=O)O. The minimum Gasteiger partial charge on any atom is -0.490 e. The van der Waals surface area contributed by atoms with Gasteiger partial charge in [-0.1, -0.05) is 44.2 Å². The van der Waals surface area contributed by atoms with Crippen molar-refractivity contribution in [3.8, 4) is 16.3 Å². The van der Waals surface area contributed by atoms with Gasteiger partial charge in [0.05, 0.1) is 12.3 Å². The van der Waals surface area contributed by atoms with Gasteiger partial charge in [0.1, 0.15) is 5.01 Å². The predicted molar refractivity (Wildman–Crippen MR) is 129 cm³/mol. The van der Waals surface area contributed by atoms with E-state index in [0.29, 0.717) is 24.5 Å². The second-order valence-electron chi connectivity index (χ2n) is 8.15. The molecule has 0 radical (unpaired) electrons. The number of halogens is 1. The predicted octanol–water partition coefficient (Wildman–Crippen LogP) is 6.03. The van der Waals surface area contributed by atoms with Crippen LogP contribution in [-0.4, -0.2) is 35.4 Å². The van der Waals surface area contributed by atoms with Gasteiger partial charge in [-0.15, -0.1) is 11.3 Å². The van der Waals surface area contributed by atoms with Crippen molar-refractivity contribution in [2.75, 3.05) is 13.2 Å². The lowest BCUT2D eigenvalue weighted by molar-refractivity contribution is -0.149. The van der Waals surface area contributed by atoms with Crippen LogP contribution in [0, 0.1) is 12.7 Å². The van der Waals surface area contributed by atoms with Crippen LogP contribution >= 0.6 is 11.3 Å². The molecule has 0 saturated carbocycles. The highest BCUT2D eigenvalue weighted by atomic mass is 32.1. The summed E-state index contributed by atoms with van der Waals surface area (Å²) in [5, 5.41) is 10.2. The Balaban J connectivity index is 1.59. The molecule has 1 heterocycles. The molecule has 0 aliphatic heterocycles. The van der Waals surface area contributed by atoms with E-state index in [-0.39, 0.29) is 18.8 Å². The number of nitrogens with zero attached hydrogens (tertiary/aromatic N) is 1. The van der Waals surface area contributed by atoms with E-state index in [2.05, 4.69) is 38.1 Å². The van der Waals surface area contributed by atoms with Crippen LogP contribution in [-0.2, 0) is 22.4 Å². The minimum atomic E-state index is -1.06. The number of carbonyl (C=O) groups is 1. The Bertz CT molecular complexity index is 1080. The molecule has 3 aromatic rings. The van der Waals surface area contributed by atoms with Crippen LogP contribution in [0.1, 0.15) is 48.4 Å². The molecule has 33 heavy (non-hydrogen) atoms. The molecule has 176 valence electrons. The summed E-state index contributed by atoms with van der Waals surface area (Å²) in [4.78, 5) is 17.1. The largest absolute Gasteiger partial charge is 0.490 e. The second-order valence-corrected chi connectivity index (χ2v) is 9.35. The lowest BCUT2D eigenvalue weighted by Crippen LogP contribution is -2.26. The van der Waals surface area contributed by atoms with Gasteiger partial charge in [0, 0.05) is 29.9 Å². The van der Waals surface area contributed by atoms with E-state index in [9.17, 15) is 14.3 Å². The molecule has 0 amide bonds. The summed E-state index contributed by atoms with van der Waals surface area (Å²) in [7, 11) is 0. The summed E-state index contributed by atoms with van der Waals surface area (Å²) in [6.07, 6.45) is -0.331. The molecule has 5 nitrogen and oxygen atoms in total. The van der Waals surface area contributed by atoms with E-state index in [1.54, 1.807) is 24.3 Å². The molecule has 0 aliphatic carbocycles. The van der Waals surface area contributed by atoms with Crippen LogP contribution in [0.2, 0.25) is 0 Å². The first-order chi connectivity index (χ1) is 15.8. The first-order valence-corrected chi connectivity index (χ1v) is 11.9. The number of ether oxygens (including phenoxy) is 2. The maximum atomic E-state index is 14.5. The van der Waals surface area contributed by atoms with Crippen LogP contribution in [0.15, 0.2) is 42.5 Å². The van der Waals surface area contributed by atoms with Crippen LogP contribution in [0.4, 0.5) is 4.39 Å². The molecule has 0 fully saturated rings. The molecule has 0 aliphatic rings. The van der Waals surface area contributed by atoms with Gasteiger partial charge in [-0.25, -0.2) is 14.2 Å². The molecule has 2 aromatic carbocycles. The molecule has 1 unspecified atom stereocenters. The van der Waals surface area contributed by atoms with Crippen molar-refractivity contribution in [1.82, 2.24) is 4.98 Å². The molecular formula is C26H30FNO4S. The zero-order chi connectivity index (χ0) is 24.0. The van der Waals surface area contributed by atoms with Crippen molar-refractivity contribution in [3.63, 3.8) is 0 Å². The second kappa shape index (κ2) is 11.4. The molecule has 7 heteroatoms. The lowest BCUT2D eigenvalue weighted by atomic mass is 10.0. The Morgan fingerprint density at radius 3 is 2.52 bits per heavy atom. The van der Waals surface area contributed by atoms with Crippen LogP contribution < -0.4 is 4.74 Å². The highest BCUT2D eigenvalue weighted by Crippen LogP contribution is 2.29. The van der Waals surface area contributed by atoms with Crippen molar-refractivity contribution in [1.29, 1.82) is 0 Å². The zero-order valence-corrected chi connectivity index (χ0v) is 20.2. The van der Waals surface area contributed by atoms with Gasteiger partial charge < -0.3 is 14.6 Å². The Labute approximate surface area is 198 Å². The topological polar surface area (TPSA) is 68.7 Å². The van der Waals surface area contributed by atoms with Crippen LogP contribution in [0.5, 0.6) is 5.75 Å². The Morgan fingerprint density at radius 2 is 1.91 bits per heavy atom. The third-order valence-corrected chi connectivity index (χ3v) is 6.44. The summed E-state index contributed by atoms with van der Waals surface area (Å²) in [6, 6.07) is 13.0. The van der Waals surface area contributed by atoms with Gasteiger partial charge in [-0.2, -0.15) is 0 Å². The minimum absolute atomic E-state index is 0.0965. The van der Waals surface area contributed by atoms with E-state index in [1.165, 1.54) is 17.7 Å². The van der Waals surface area contributed by atoms with E-state index in [4.69, 9.17) is 14.5 Å². The third kappa shape index (κ3) is 6.62. The summed E-state index contributed by atoms with van der Waals surface area (Å²) in [5.74, 6) is -0.956. The number of carboxylic acid groups (broad SMARTS) is 1. The van der Waals surface area contributed by atoms with E-state index in [0.717, 1.165) is 21.1 Å². The Morgan fingerprint density at radius 1 is 1.18 bits per heavy atom. The lowest BCUT2D eigenvalue weighted by Gasteiger charge is -2.13. The van der Waals surface area contributed by atoms with Crippen molar-refractivity contribution in [3.05, 3.63) is 70.0 Å². The third-order valence-electron chi connectivity index (χ3n) is 5.37. The normalized spacial score (nSPS) is 12.2. The number of rotatable bonds is 11. The van der Waals surface area contributed by atoms with Crippen LogP contribution in [0.25, 0.3) is 10.6 Å². The summed E-state index contributed by atoms with van der Waals surface area (Å²) in [6.45, 7) is 8.68. The first kappa shape index (κ1) is 24.9. The molecule has 0 bridgehead atoms. The number of aromatic nitrogens is 1. The van der Waals surface area contributed by atoms with Gasteiger partial charge in [0.15, 0.2) is 17.7 Å². The summed E-state index contributed by atoms with van der Waals surface area (Å²) < 4.78 is 25.3. The molecule has 0 saturated heterocycles. The van der Waals surface area contributed by atoms with Gasteiger partial charge in [-0.3, -0.25) is 0 Å². The average molecular weight is 472 g/mol. The molecule has 3 rings (SSSR count). The highest BCUT2D eigenvalue weighted by Gasteiger charge is 2.19. The Hall–Kier alpha value is -2.77. The van der Waals surface area contributed by atoms with Gasteiger partial charge in [0.25, 0.3) is 0 Å². The summed E-state index contributed by atoms with van der Waals surface area (Å²) in [5.41, 5.74) is 3.88. The van der Waals surface area contributed by atoms with Gasteiger partial charge in [0.2, 0.25) is 0 Å². The molecule has 1 aromatic heterocycles. The first-order valence-electron chi connectivity index (χ1n) is 11.1. The van der Waals surface area contributed by atoms with Crippen molar-refractivity contribution in [2.45, 2.75) is 52.6 Å². The van der Waals surface area contributed by atoms with E-state index >= 15 is 0 Å². The fraction of sp³-hybridized carbons (Fsp3) is 0.385. The number of aryl methyl sites for hydroxylation is 1. The van der Waals surface area contributed by atoms with E-state index in [1.807, 2.05) is 6.92 Å². The van der Waals surface area contributed by atoms with Gasteiger partial charge in [-0.05, 0) is 43.0 Å². The zero-order valence-electron chi connectivity index (χ0n) is 19.4. The number of hydrogen-bond donors (Lipinski definition) is 1. The number of benzene rings is 2. The van der Waals surface area contributed by atoms with Crippen molar-refractivity contribution in [2.24, 2.45) is 0 Å². The fourth-order valence-electron chi connectivity index (χ4n) is 3.47. The van der Waals surface area contributed by atoms with Gasteiger partial charge >= 0.3 is 5.97 Å². The number of carboxylic acids is 1. The van der Waals surface area contributed by atoms with Crippen LogP contribution in [0.3, 0.4) is 0 Å². The number of aliphatic carboxylic acids is 1. The standard InChI is InChI=1S/C26H30FNO4S/c1-5-31-24(26(29)30)15-18-6-11-23(21(27)14-18)32-13-12-22-17(4)33-25(28-22)20-9-7-19(8-10-20)16(2)3/h6-11,14,16,24H,5,12-13,15H2,1-4H3,(H,29,30). The smallest absolute Gasteiger partial charge is 0.333 e. The van der Waals surface area contributed by atoms with E-state index < -0.39 is 17.9 Å². The molecule has 0 spiro atoms.